The van der Waals surface area contributed by atoms with Gasteiger partial charge in [-0.1, -0.05) is 11.2 Å². The Morgan fingerprint density at radius 2 is 1.88 bits per heavy atom. The summed E-state index contributed by atoms with van der Waals surface area (Å²) in [4.78, 5) is 12.9. The maximum absolute atomic E-state index is 12.8. The Labute approximate surface area is 201 Å². The van der Waals surface area contributed by atoms with E-state index < -0.39 is 31.9 Å². The fraction of sp³-hybridized carbons (Fsp3) is 0.350. The van der Waals surface area contributed by atoms with Gasteiger partial charge in [-0.2, -0.15) is 4.31 Å². The Bertz CT molecular complexity index is 1370. The lowest BCUT2D eigenvalue weighted by Crippen LogP contribution is -2.43. The van der Waals surface area contributed by atoms with Crippen molar-refractivity contribution in [1.29, 1.82) is 0 Å². The first-order valence-corrected chi connectivity index (χ1v) is 14.1. The minimum atomic E-state index is -3.63. The van der Waals surface area contributed by atoms with Crippen LogP contribution in [0.1, 0.15) is 12.8 Å². The summed E-state index contributed by atoms with van der Waals surface area (Å²) in [7, 11) is -4.31. The van der Waals surface area contributed by atoms with Crippen molar-refractivity contribution in [1.82, 2.24) is 18.8 Å². The second kappa shape index (κ2) is 9.54. The lowest BCUT2D eigenvalue weighted by molar-refractivity contribution is -0.121. The molecule has 0 aliphatic carbocycles. The molecule has 0 radical (unpaired) electrons. The van der Waals surface area contributed by atoms with Gasteiger partial charge in [-0.25, -0.2) is 21.1 Å². The van der Waals surface area contributed by atoms with Gasteiger partial charge < -0.3 is 4.42 Å². The van der Waals surface area contributed by atoms with Crippen LogP contribution < -0.4 is 5.32 Å². The van der Waals surface area contributed by atoms with E-state index in [9.17, 15) is 21.6 Å². The van der Waals surface area contributed by atoms with Crippen molar-refractivity contribution in [2.24, 2.45) is 5.92 Å². The van der Waals surface area contributed by atoms with E-state index in [0.717, 1.165) is 15.6 Å². The molecule has 1 amide bonds. The van der Waals surface area contributed by atoms with Crippen LogP contribution >= 0.6 is 11.3 Å². The average molecular weight is 526 g/mol. The third kappa shape index (κ3) is 4.90. The van der Waals surface area contributed by atoms with Crippen LogP contribution in [0.5, 0.6) is 0 Å². The molecule has 34 heavy (non-hydrogen) atoms. The molecule has 0 spiro atoms. The van der Waals surface area contributed by atoms with Gasteiger partial charge in [0.25, 0.3) is 10.0 Å². The number of aromatic nitrogens is 2. The summed E-state index contributed by atoms with van der Waals surface area (Å²) in [6.07, 6.45) is 1.09. The van der Waals surface area contributed by atoms with Gasteiger partial charge in [0, 0.05) is 32.7 Å². The minimum Gasteiger partial charge on any atom is -0.403 e. The minimum absolute atomic E-state index is 0.0644. The topological polar surface area (TPSA) is 143 Å². The van der Waals surface area contributed by atoms with Gasteiger partial charge in [-0.15, -0.1) is 16.4 Å². The van der Waals surface area contributed by atoms with E-state index in [1.165, 1.54) is 42.7 Å². The number of benzene rings is 1. The fourth-order valence-electron chi connectivity index (χ4n) is 3.49. The molecule has 182 valence electrons. The Morgan fingerprint density at radius 1 is 1.15 bits per heavy atom. The van der Waals surface area contributed by atoms with Crippen LogP contribution in [-0.4, -0.2) is 68.7 Å². The number of anilines is 1. The molecule has 1 fully saturated rings. The molecule has 1 aliphatic heterocycles. The summed E-state index contributed by atoms with van der Waals surface area (Å²) in [5.41, 5.74) is 0.483. The third-order valence-corrected chi connectivity index (χ3v) is 10.4. The van der Waals surface area contributed by atoms with Crippen molar-refractivity contribution in [3.8, 4) is 11.5 Å². The number of nitrogens with one attached hydrogen (secondary N) is 1. The maximum atomic E-state index is 12.8. The number of sulfonamides is 2. The second-order valence-electron chi connectivity index (χ2n) is 7.85. The summed E-state index contributed by atoms with van der Waals surface area (Å²) in [6.45, 7) is 0.420. The highest BCUT2D eigenvalue weighted by atomic mass is 32.2. The monoisotopic (exact) mass is 525 g/mol. The largest absolute Gasteiger partial charge is 0.403 e. The predicted octanol–water partition coefficient (Wildman–Crippen LogP) is 2.09. The number of nitrogens with zero attached hydrogens (tertiary/aromatic N) is 4. The molecule has 3 aromatic rings. The van der Waals surface area contributed by atoms with Crippen LogP contribution in [0, 0.1) is 5.92 Å². The molecule has 1 unspecified atom stereocenters. The smallest absolute Gasteiger partial charge is 0.322 e. The first-order valence-electron chi connectivity index (χ1n) is 10.3. The number of piperidine rings is 1. The van der Waals surface area contributed by atoms with Gasteiger partial charge >= 0.3 is 6.01 Å². The zero-order valence-corrected chi connectivity index (χ0v) is 20.9. The average Bonchev–Trinajstić information content (AvgIpc) is 3.52. The van der Waals surface area contributed by atoms with Gasteiger partial charge in [-0.3, -0.25) is 10.1 Å². The van der Waals surface area contributed by atoms with Crippen LogP contribution in [0.3, 0.4) is 0 Å². The van der Waals surface area contributed by atoms with E-state index in [2.05, 4.69) is 15.5 Å². The number of carbonyl (C=O) groups excluding carboxylic acids is 1. The molecule has 1 saturated heterocycles. The van der Waals surface area contributed by atoms with Crippen molar-refractivity contribution < 1.29 is 26.0 Å². The molecule has 3 heterocycles. The van der Waals surface area contributed by atoms with Gasteiger partial charge in [0.2, 0.25) is 21.8 Å². The molecule has 14 heteroatoms. The van der Waals surface area contributed by atoms with Crippen molar-refractivity contribution in [3.63, 3.8) is 0 Å². The molecule has 4 rings (SSSR count). The van der Waals surface area contributed by atoms with E-state index in [1.54, 1.807) is 17.5 Å². The number of carbonyl (C=O) groups is 1. The molecule has 1 N–H and O–H groups in total. The van der Waals surface area contributed by atoms with E-state index in [1.807, 2.05) is 0 Å². The van der Waals surface area contributed by atoms with E-state index in [4.69, 9.17) is 4.42 Å². The first-order chi connectivity index (χ1) is 16.1. The number of hydrogen-bond acceptors (Lipinski definition) is 9. The molecule has 1 atom stereocenters. The zero-order valence-electron chi connectivity index (χ0n) is 18.4. The highest BCUT2D eigenvalue weighted by Crippen LogP contribution is 2.28. The highest BCUT2D eigenvalue weighted by molar-refractivity contribution is 7.91. The Balaban J connectivity index is 1.42. The maximum Gasteiger partial charge on any atom is 0.322 e. The van der Waals surface area contributed by atoms with Gasteiger partial charge in [0.1, 0.15) is 4.21 Å². The Hall–Kier alpha value is -2.65. The molecule has 2 aromatic heterocycles. The lowest BCUT2D eigenvalue weighted by atomic mass is 9.99. The van der Waals surface area contributed by atoms with E-state index in [0.29, 0.717) is 24.9 Å². The first kappa shape index (κ1) is 24.5. The SMILES string of the molecule is CN(C)S(=O)(=O)c1ccc(-c2nnc(NC(=O)C3CCCN(S(=O)(=O)c4cccs4)C3)o2)cc1. The van der Waals surface area contributed by atoms with Crippen molar-refractivity contribution >= 4 is 43.3 Å². The fourth-order valence-corrected chi connectivity index (χ4v) is 7.06. The molecule has 0 bridgehead atoms. The third-order valence-electron chi connectivity index (χ3n) is 5.38. The van der Waals surface area contributed by atoms with Crippen LogP contribution in [0.15, 0.2) is 55.3 Å². The number of thiophene rings is 1. The summed E-state index contributed by atoms with van der Waals surface area (Å²) in [6, 6.07) is 9.02. The van der Waals surface area contributed by atoms with E-state index in [-0.39, 0.29) is 27.6 Å². The van der Waals surface area contributed by atoms with Crippen LogP contribution in [-0.2, 0) is 24.8 Å². The van der Waals surface area contributed by atoms with E-state index >= 15 is 0 Å². The van der Waals surface area contributed by atoms with Gasteiger partial charge in [-0.05, 0) is 48.6 Å². The molecular weight excluding hydrogens is 502 g/mol. The van der Waals surface area contributed by atoms with Gasteiger partial charge in [0.15, 0.2) is 0 Å². The van der Waals surface area contributed by atoms with Crippen molar-refractivity contribution in [2.75, 3.05) is 32.5 Å². The summed E-state index contributed by atoms with van der Waals surface area (Å²) >= 11 is 1.14. The molecule has 11 nitrogen and oxygen atoms in total. The number of amides is 1. The molecule has 1 aliphatic rings. The Kier molecular flexibility index (Phi) is 6.87. The zero-order chi connectivity index (χ0) is 24.5. The number of hydrogen-bond donors (Lipinski definition) is 1. The van der Waals surface area contributed by atoms with Crippen LogP contribution in [0.25, 0.3) is 11.5 Å². The normalized spacial score (nSPS) is 17.7. The lowest BCUT2D eigenvalue weighted by Gasteiger charge is -2.30. The summed E-state index contributed by atoms with van der Waals surface area (Å²) in [5, 5.41) is 12.0. The number of rotatable bonds is 7. The Morgan fingerprint density at radius 3 is 2.53 bits per heavy atom. The van der Waals surface area contributed by atoms with Gasteiger partial charge in [0.05, 0.1) is 10.8 Å². The highest BCUT2D eigenvalue weighted by Gasteiger charge is 2.34. The van der Waals surface area contributed by atoms with Crippen LogP contribution in [0.4, 0.5) is 6.01 Å². The van der Waals surface area contributed by atoms with Crippen molar-refractivity contribution in [3.05, 3.63) is 41.8 Å². The molecule has 1 aromatic carbocycles. The molecular formula is C20H23N5O6S3. The predicted molar refractivity (Wildman–Crippen MR) is 125 cm³/mol. The standard InChI is InChI=1S/C20H23N5O6S3/c1-24(2)33(27,28)16-9-7-14(8-10-16)19-22-23-20(31-19)21-18(26)15-5-3-11-25(13-15)34(29,30)17-6-4-12-32-17/h4,6-10,12,15H,3,5,11,13H2,1-2H3,(H,21,23,26). The van der Waals surface area contributed by atoms with Crippen LogP contribution in [0.2, 0.25) is 0 Å². The molecule has 0 saturated carbocycles. The van der Waals surface area contributed by atoms with Crippen molar-refractivity contribution in [2.45, 2.75) is 21.9 Å². The summed E-state index contributed by atoms with van der Waals surface area (Å²) in [5.74, 6) is -0.863. The second-order valence-corrected chi connectivity index (χ2v) is 13.1. The summed E-state index contributed by atoms with van der Waals surface area (Å²) < 4.78 is 58.2. The quantitative estimate of drug-likeness (QED) is 0.494.